The van der Waals surface area contributed by atoms with Gasteiger partial charge in [0.1, 0.15) is 0 Å². The van der Waals surface area contributed by atoms with Gasteiger partial charge in [-0.2, -0.15) is 5.53 Å². The Balaban J connectivity index is 0. The molecule has 0 aromatic rings. The minimum absolute atomic E-state index is 1.38. The van der Waals surface area contributed by atoms with Crippen LogP contribution in [0.4, 0.5) is 0 Å². The van der Waals surface area contributed by atoms with E-state index in [2.05, 4.69) is 31.6 Å². The molecule has 0 aliphatic rings. The SMILES string of the molecule is CC=C(C)C.NNN. The van der Waals surface area contributed by atoms with Gasteiger partial charge in [-0.3, -0.25) is 11.7 Å². The van der Waals surface area contributed by atoms with E-state index >= 15 is 0 Å². The van der Waals surface area contributed by atoms with Crippen molar-refractivity contribution in [2.24, 2.45) is 11.7 Å². The van der Waals surface area contributed by atoms with Crippen molar-refractivity contribution in [1.82, 2.24) is 5.53 Å². The highest BCUT2D eigenvalue weighted by molar-refractivity contribution is 4.88. The van der Waals surface area contributed by atoms with Crippen LogP contribution >= 0.6 is 0 Å². The van der Waals surface area contributed by atoms with Crippen molar-refractivity contribution < 1.29 is 0 Å². The predicted molar refractivity (Wildman–Crippen MR) is 36.6 cm³/mol. The molecule has 0 aromatic carbocycles. The van der Waals surface area contributed by atoms with Gasteiger partial charge < -0.3 is 0 Å². The summed E-state index contributed by atoms with van der Waals surface area (Å²) in [5.74, 6) is 8.75. The molecule has 0 unspecified atom stereocenters. The zero-order chi connectivity index (χ0) is 6.99. The summed E-state index contributed by atoms with van der Waals surface area (Å²) in [5, 5.41) is 0. The van der Waals surface area contributed by atoms with Crippen molar-refractivity contribution in [2.75, 3.05) is 0 Å². The largest absolute Gasteiger partial charge is 0.258 e. The number of rotatable bonds is 0. The van der Waals surface area contributed by atoms with Crippen LogP contribution in [0.3, 0.4) is 0 Å². The summed E-state index contributed by atoms with van der Waals surface area (Å²) in [5.41, 5.74) is 3.13. The summed E-state index contributed by atoms with van der Waals surface area (Å²) in [6.45, 7) is 6.20. The maximum Gasteiger partial charge on any atom is -0.0442 e. The highest BCUT2D eigenvalue weighted by atomic mass is 15.4. The zero-order valence-corrected chi connectivity index (χ0v) is 5.73. The molecule has 0 rings (SSSR count). The van der Waals surface area contributed by atoms with Crippen molar-refractivity contribution in [3.63, 3.8) is 0 Å². The molecule has 50 valence electrons. The van der Waals surface area contributed by atoms with E-state index in [1.165, 1.54) is 5.57 Å². The molecule has 3 heteroatoms. The summed E-state index contributed by atoms with van der Waals surface area (Å²) in [4.78, 5) is 0. The van der Waals surface area contributed by atoms with Crippen LogP contribution in [0.1, 0.15) is 20.8 Å². The molecule has 0 radical (unpaired) electrons. The second kappa shape index (κ2) is 9.80. The van der Waals surface area contributed by atoms with Crippen LogP contribution < -0.4 is 17.2 Å². The molecule has 0 aliphatic carbocycles. The molecule has 0 aliphatic heterocycles. The van der Waals surface area contributed by atoms with Gasteiger partial charge in [0, 0.05) is 0 Å². The topological polar surface area (TPSA) is 64.1 Å². The Hall–Kier alpha value is -0.380. The number of allylic oxidation sites excluding steroid dienone is 2. The zero-order valence-electron chi connectivity index (χ0n) is 5.73. The van der Waals surface area contributed by atoms with E-state index in [-0.39, 0.29) is 0 Å². The number of nitrogens with one attached hydrogen (secondary N) is 1. The molecule has 0 spiro atoms. The third-order valence-corrected chi connectivity index (χ3v) is 0.577. The van der Waals surface area contributed by atoms with Crippen LogP contribution in [0.5, 0.6) is 0 Å². The molecule has 0 heterocycles. The van der Waals surface area contributed by atoms with Gasteiger partial charge in [-0.25, -0.2) is 0 Å². The van der Waals surface area contributed by atoms with Gasteiger partial charge in [0.15, 0.2) is 0 Å². The first-order valence-corrected chi connectivity index (χ1v) is 2.44. The second-order valence-electron chi connectivity index (χ2n) is 1.53. The molecular formula is C5H15N3. The second-order valence-corrected chi connectivity index (χ2v) is 1.53. The first-order chi connectivity index (χ1) is 3.68. The average Bonchev–Trinajstić information content (AvgIpc) is 1.69. The normalized spacial score (nSPS) is 6.62. The molecule has 0 atom stereocenters. The molecule has 3 nitrogen and oxygen atoms in total. The highest BCUT2D eigenvalue weighted by Gasteiger charge is 1.60. The Morgan fingerprint density at radius 3 is 1.50 bits per heavy atom. The van der Waals surface area contributed by atoms with Gasteiger partial charge in [-0.05, 0) is 20.8 Å². The van der Waals surface area contributed by atoms with E-state index in [1.807, 2.05) is 6.92 Å². The van der Waals surface area contributed by atoms with Crippen molar-refractivity contribution in [3.8, 4) is 0 Å². The molecular weight excluding hydrogens is 102 g/mol. The fourth-order valence-corrected chi connectivity index (χ4v) is 0. The summed E-state index contributed by atoms with van der Waals surface area (Å²) >= 11 is 0. The van der Waals surface area contributed by atoms with Crippen LogP contribution in [0.15, 0.2) is 11.6 Å². The maximum atomic E-state index is 4.38. The third-order valence-electron chi connectivity index (χ3n) is 0.577. The predicted octanol–water partition coefficient (Wildman–Crippen LogP) is 0.296. The lowest BCUT2D eigenvalue weighted by molar-refractivity contribution is 0.803. The van der Waals surface area contributed by atoms with Crippen molar-refractivity contribution in [3.05, 3.63) is 11.6 Å². The van der Waals surface area contributed by atoms with E-state index < -0.39 is 0 Å². The van der Waals surface area contributed by atoms with E-state index in [0.717, 1.165) is 0 Å². The number of hydrogen-bond acceptors (Lipinski definition) is 3. The lowest BCUT2D eigenvalue weighted by Crippen LogP contribution is -2.29. The molecule has 0 amide bonds. The van der Waals surface area contributed by atoms with Gasteiger partial charge in [-0.15, -0.1) is 0 Å². The Labute approximate surface area is 50.7 Å². The lowest BCUT2D eigenvalue weighted by Gasteiger charge is -1.74. The molecule has 0 saturated heterocycles. The Bertz CT molecular complexity index is 54.7. The third kappa shape index (κ3) is 45.7. The van der Waals surface area contributed by atoms with Crippen molar-refractivity contribution >= 4 is 0 Å². The van der Waals surface area contributed by atoms with Gasteiger partial charge in [0.2, 0.25) is 0 Å². The molecule has 5 N–H and O–H groups in total. The van der Waals surface area contributed by atoms with Crippen molar-refractivity contribution in [2.45, 2.75) is 20.8 Å². The van der Waals surface area contributed by atoms with Crippen LogP contribution in [0.2, 0.25) is 0 Å². The van der Waals surface area contributed by atoms with Crippen LogP contribution in [0.25, 0.3) is 0 Å². The number of hydrazine groups is 2. The van der Waals surface area contributed by atoms with Crippen LogP contribution in [-0.2, 0) is 0 Å². The van der Waals surface area contributed by atoms with Gasteiger partial charge in [0.25, 0.3) is 0 Å². The first-order valence-electron chi connectivity index (χ1n) is 2.44. The lowest BCUT2D eigenvalue weighted by atomic mass is 10.3. The quantitative estimate of drug-likeness (QED) is 0.243. The number of hydrogen-bond donors (Lipinski definition) is 3. The molecule has 0 bridgehead atoms. The van der Waals surface area contributed by atoms with Gasteiger partial charge >= 0.3 is 0 Å². The standard InChI is InChI=1S/C5H10.H5N3/c1-4-5(2)3;1-3-2/h4H,1-3H3;3H,1-2H2. The highest BCUT2D eigenvalue weighted by Crippen LogP contribution is 1.82. The molecule has 8 heavy (non-hydrogen) atoms. The Morgan fingerprint density at radius 1 is 1.38 bits per heavy atom. The minimum Gasteiger partial charge on any atom is -0.258 e. The monoisotopic (exact) mass is 117 g/mol. The fraction of sp³-hybridized carbons (Fsp3) is 0.600. The average molecular weight is 117 g/mol. The maximum absolute atomic E-state index is 4.38. The van der Waals surface area contributed by atoms with E-state index in [0.29, 0.717) is 0 Å². The molecule has 0 saturated carbocycles. The van der Waals surface area contributed by atoms with Crippen LogP contribution in [0, 0.1) is 0 Å². The molecule has 0 fully saturated rings. The fourth-order valence-electron chi connectivity index (χ4n) is 0. The van der Waals surface area contributed by atoms with Gasteiger partial charge in [-0.1, -0.05) is 11.6 Å². The smallest absolute Gasteiger partial charge is 0.0442 e. The van der Waals surface area contributed by atoms with Crippen molar-refractivity contribution in [1.29, 1.82) is 0 Å². The summed E-state index contributed by atoms with van der Waals surface area (Å²) < 4.78 is 0. The van der Waals surface area contributed by atoms with Gasteiger partial charge in [0.05, 0.1) is 0 Å². The summed E-state index contributed by atoms with van der Waals surface area (Å²) in [7, 11) is 0. The van der Waals surface area contributed by atoms with E-state index in [9.17, 15) is 0 Å². The first kappa shape index (κ1) is 10.6. The Kier molecular flexibility index (Phi) is 12.9. The number of nitrogens with two attached hydrogens (primary N) is 2. The summed E-state index contributed by atoms with van der Waals surface area (Å²) in [6.07, 6.45) is 2.08. The van der Waals surface area contributed by atoms with Crippen LogP contribution in [-0.4, -0.2) is 0 Å². The van der Waals surface area contributed by atoms with E-state index in [1.54, 1.807) is 5.53 Å². The molecule has 0 aromatic heterocycles. The Morgan fingerprint density at radius 2 is 1.50 bits per heavy atom. The van der Waals surface area contributed by atoms with E-state index in [4.69, 9.17) is 0 Å². The minimum atomic E-state index is 1.38. The summed E-state index contributed by atoms with van der Waals surface area (Å²) in [6, 6.07) is 0.